The predicted molar refractivity (Wildman–Crippen MR) is 59.0 cm³/mol. The highest BCUT2D eigenvalue weighted by molar-refractivity contribution is 5.95. The first-order chi connectivity index (χ1) is 8.11. The number of anilines is 1. The number of carbonyl (C=O) groups excluding carboxylic acids is 1. The number of rotatable bonds is 4. The summed E-state index contributed by atoms with van der Waals surface area (Å²) in [5, 5.41) is 2.98. The van der Waals surface area contributed by atoms with Gasteiger partial charge in [-0.05, 0) is 25.8 Å². The van der Waals surface area contributed by atoms with E-state index in [0.717, 1.165) is 25.0 Å². The Morgan fingerprint density at radius 3 is 2.65 bits per heavy atom. The molecule has 0 radical (unpaired) electrons. The van der Waals surface area contributed by atoms with Gasteiger partial charge in [0.2, 0.25) is 0 Å². The van der Waals surface area contributed by atoms with Crippen LogP contribution in [0.15, 0.2) is 12.1 Å². The number of hydrogen-bond acceptors (Lipinski definition) is 3. The Bertz CT molecular complexity index is 444. The SMILES string of the molecule is CCOC(=O)c1cc(F)c(F)cc1NC1CC1. The highest BCUT2D eigenvalue weighted by atomic mass is 19.2. The number of halogens is 2. The van der Waals surface area contributed by atoms with Crippen molar-refractivity contribution in [2.75, 3.05) is 11.9 Å². The zero-order valence-corrected chi connectivity index (χ0v) is 9.43. The van der Waals surface area contributed by atoms with Crippen molar-refractivity contribution in [1.29, 1.82) is 0 Å². The van der Waals surface area contributed by atoms with Crippen molar-refractivity contribution in [3.05, 3.63) is 29.3 Å². The molecular weight excluding hydrogens is 228 g/mol. The summed E-state index contributed by atoms with van der Waals surface area (Å²) < 4.78 is 31.0. The fourth-order valence-electron chi connectivity index (χ4n) is 1.49. The van der Waals surface area contributed by atoms with E-state index in [1.807, 2.05) is 0 Å². The van der Waals surface area contributed by atoms with E-state index in [0.29, 0.717) is 5.69 Å². The van der Waals surface area contributed by atoms with Crippen LogP contribution in [0.1, 0.15) is 30.1 Å². The van der Waals surface area contributed by atoms with Gasteiger partial charge in [0.05, 0.1) is 17.9 Å². The monoisotopic (exact) mass is 241 g/mol. The van der Waals surface area contributed by atoms with Gasteiger partial charge >= 0.3 is 5.97 Å². The normalized spacial score (nSPS) is 14.5. The Morgan fingerprint density at radius 1 is 1.41 bits per heavy atom. The fraction of sp³-hybridized carbons (Fsp3) is 0.417. The van der Waals surface area contributed by atoms with Crippen LogP contribution in [-0.2, 0) is 4.74 Å². The molecule has 1 fully saturated rings. The van der Waals surface area contributed by atoms with Crippen LogP contribution in [0, 0.1) is 11.6 Å². The van der Waals surface area contributed by atoms with Crippen LogP contribution in [0.5, 0.6) is 0 Å². The molecule has 0 bridgehead atoms. The number of esters is 1. The van der Waals surface area contributed by atoms with Crippen LogP contribution in [0.4, 0.5) is 14.5 Å². The van der Waals surface area contributed by atoms with Gasteiger partial charge in [-0.3, -0.25) is 0 Å². The second kappa shape index (κ2) is 4.69. The minimum Gasteiger partial charge on any atom is -0.462 e. The lowest BCUT2D eigenvalue weighted by Gasteiger charge is -2.11. The van der Waals surface area contributed by atoms with Crippen LogP contribution in [0.2, 0.25) is 0 Å². The third kappa shape index (κ3) is 2.72. The topological polar surface area (TPSA) is 38.3 Å². The standard InChI is InChI=1S/C12H13F2NO2/c1-2-17-12(16)8-5-9(13)10(14)6-11(8)15-7-3-4-7/h5-7,15H,2-4H2,1H3. The summed E-state index contributed by atoms with van der Waals surface area (Å²) in [5.74, 6) is -2.66. The average molecular weight is 241 g/mol. The lowest BCUT2D eigenvalue weighted by molar-refractivity contribution is 0.0527. The zero-order valence-electron chi connectivity index (χ0n) is 9.43. The molecule has 3 nitrogen and oxygen atoms in total. The van der Waals surface area contributed by atoms with Crippen LogP contribution in [-0.4, -0.2) is 18.6 Å². The van der Waals surface area contributed by atoms with E-state index in [2.05, 4.69) is 5.32 Å². The van der Waals surface area contributed by atoms with Gasteiger partial charge in [-0.25, -0.2) is 13.6 Å². The maximum Gasteiger partial charge on any atom is 0.340 e. The highest BCUT2D eigenvalue weighted by Gasteiger charge is 2.25. The molecule has 2 rings (SSSR count). The van der Waals surface area contributed by atoms with Crippen LogP contribution in [0.3, 0.4) is 0 Å². The van der Waals surface area contributed by atoms with E-state index in [9.17, 15) is 13.6 Å². The molecule has 0 aliphatic heterocycles. The predicted octanol–water partition coefficient (Wildman–Crippen LogP) is 2.72. The second-order valence-electron chi connectivity index (χ2n) is 3.95. The minimum atomic E-state index is -1.05. The van der Waals surface area contributed by atoms with Crippen molar-refractivity contribution in [1.82, 2.24) is 0 Å². The molecule has 0 spiro atoms. The smallest absolute Gasteiger partial charge is 0.340 e. The van der Waals surface area contributed by atoms with Gasteiger partial charge in [-0.2, -0.15) is 0 Å². The molecule has 1 aromatic rings. The van der Waals surface area contributed by atoms with Gasteiger partial charge in [-0.1, -0.05) is 0 Å². The molecule has 0 saturated heterocycles. The molecule has 1 N–H and O–H groups in total. The van der Waals surface area contributed by atoms with Crippen LogP contribution < -0.4 is 5.32 Å². The summed E-state index contributed by atoms with van der Waals surface area (Å²) in [6, 6.07) is 2.12. The van der Waals surface area contributed by atoms with Gasteiger partial charge in [0, 0.05) is 12.1 Å². The number of benzene rings is 1. The van der Waals surface area contributed by atoms with Crippen molar-refractivity contribution in [2.24, 2.45) is 0 Å². The summed E-state index contributed by atoms with van der Waals surface area (Å²) in [6.45, 7) is 1.85. The summed E-state index contributed by atoms with van der Waals surface area (Å²) in [4.78, 5) is 11.6. The van der Waals surface area contributed by atoms with Crippen molar-refractivity contribution in [3.8, 4) is 0 Å². The lowest BCUT2D eigenvalue weighted by atomic mass is 10.1. The largest absolute Gasteiger partial charge is 0.462 e. The molecule has 92 valence electrons. The molecule has 0 unspecified atom stereocenters. The summed E-state index contributed by atoms with van der Waals surface area (Å²) in [6.07, 6.45) is 1.95. The Labute approximate surface area is 97.8 Å². The number of ether oxygens (including phenoxy) is 1. The molecule has 0 amide bonds. The van der Waals surface area contributed by atoms with E-state index >= 15 is 0 Å². The molecule has 1 saturated carbocycles. The quantitative estimate of drug-likeness (QED) is 0.824. The third-order valence-corrected chi connectivity index (χ3v) is 2.49. The molecule has 1 aliphatic carbocycles. The Hall–Kier alpha value is -1.65. The van der Waals surface area contributed by atoms with Gasteiger partial charge < -0.3 is 10.1 Å². The molecule has 0 heterocycles. The molecule has 1 aliphatic rings. The van der Waals surface area contributed by atoms with E-state index in [1.165, 1.54) is 0 Å². The van der Waals surface area contributed by atoms with E-state index in [4.69, 9.17) is 4.74 Å². The number of hydrogen-bond donors (Lipinski definition) is 1. The number of nitrogens with one attached hydrogen (secondary N) is 1. The molecule has 17 heavy (non-hydrogen) atoms. The van der Waals surface area contributed by atoms with Gasteiger partial charge in [0.25, 0.3) is 0 Å². The minimum absolute atomic E-state index is 0.0395. The van der Waals surface area contributed by atoms with Gasteiger partial charge in [-0.15, -0.1) is 0 Å². The van der Waals surface area contributed by atoms with Crippen molar-refractivity contribution in [2.45, 2.75) is 25.8 Å². The Kier molecular flexibility index (Phi) is 3.26. The first-order valence-corrected chi connectivity index (χ1v) is 5.54. The number of carbonyl (C=O) groups is 1. The van der Waals surface area contributed by atoms with Gasteiger partial charge in [0.15, 0.2) is 11.6 Å². The maximum atomic E-state index is 13.1. The average Bonchev–Trinajstić information content (AvgIpc) is 3.07. The second-order valence-corrected chi connectivity index (χ2v) is 3.95. The zero-order chi connectivity index (χ0) is 12.4. The molecule has 1 aromatic carbocycles. The van der Waals surface area contributed by atoms with Gasteiger partial charge in [0.1, 0.15) is 0 Å². The Balaban J connectivity index is 2.31. The fourth-order valence-corrected chi connectivity index (χ4v) is 1.49. The third-order valence-electron chi connectivity index (χ3n) is 2.49. The van der Waals surface area contributed by atoms with Crippen LogP contribution in [0.25, 0.3) is 0 Å². The van der Waals surface area contributed by atoms with Crippen LogP contribution >= 0.6 is 0 Å². The summed E-state index contributed by atoms with van der Waals surface area (Å²) in [5.41, 5.74) is 0.336. The maximum absolute atomic E-state index is 13.1. The van der Waals surface area contributed by atoms with E-state index < -0.39 is 17.6 Å². The molecule has 5 heteroatoms. The van der Waals surface area contributed by atoms with Crippen molar-refractivity contribution >= 4 is 11.7 Å². The summed E-state index contributed by atoms with van der Waals surface area (Å²) >= 11 is 0. The summed E-state index contributed by atoms with van der Waals surface area (Å²) in [7, 11) is 0. The lowest BCUT2D eigenvalue weighted by Crippen LogP contribution is -2.12. The van der Waals surface area contributed by atoms with Crippen molar-refractivity contribution < 1.29 is 18.3 Å². The van der Waals surface area contributed by atoms with Crippen molar-refractivity contribution in [3.63, 3.8) is 0 Å². The van der Waals surface area contributed by atoms with E-state index in [-0.39, 0.29) is 18.2 Å². The first-order valence-electron chi connectivity index (χ1n) is 5.54. The highest BCUT2D eigenvalue weighted by Crippen LogP contribution is 2.28. The molecule has 0 atom stereocenters. The van der Waals surface area contributed by atoms with E-state index in [1.54, 1.807) is 6.92 Å². The first kappa shape index (κ1) is 11.8. The molecular formula is C12H13F2NO2. The molecule has 0 aromatic heterocycles. The Morgan fingerprint density at radius 2 is 2.06 bits per heavy atom.